The Balaban J connectivity index is 2.14. The highest BCUT2D eigenvalue weighted by Gasteiger charge is 2.12. The van der Waals surface area contributed by atoms with Crippen molar-refractivity contribution >= 4 is 16.5 Å². The molecule has 0 amide bonds. The zero-order chi connectivity index (χ0) is 14.5. The third-order valence-corrected chi connectivity index (χ3v) is 4.02. The summed E-state index contributed by atoms with van der Waals surface area (Å²) in [4.78, 5) is 0. The van der Waals surface area contributed by atoms with Crippen molar-refractivity contribution in [2.24, 2.45) is 0 Å². The van der Waals surface area contributed by atoms with E-state index in [0.29, 0.717) is 0 Å². The van der Waals surface area contributed by atoms with Gasteiger partial charge in [-0.25, -0.2) is 0 Å². The summed E-state index contributed by atoms with van der Waals surface area (Å²) in [6.07, 6.45) is 0.907. The normalized spacial score (nSPS) is 12.0. The summed E-state index contributed by atoms with van der Waals surface area (Å²) < 4.78 is 10.6. The Morgan fingerprint density at radius 2 is 1.95 bits per heavy atom. The van der Waals surface area contributed by atoms with Gasteiger partial charge < -0.3 is 14.8 Å². The molecule has 0 spiro atoms. The van der Waals surface area contributed by atoms with Gasteiger partial charge in [-0.05, 0) is 31.0 Å². The van der Waals surface area contributed by atoms with Crippen molar-refractivity contribution in [3.05, 3.63) is 28.8 Å². The molecule has 5 nitrogen and oxygen atoms in total. The SMILES string of the molecule is CCc1nnc(NC(C)c2ccc(OC)c(OC)c2)s1. The predicted molar refractivity (Wildman–Crippen MR) is 80.9 cm³/mol. The van der Waals surface area contributed by atoms with E-state index in [2.05, 4.69) is 29.4 Å². The van der Waals surface area contributed by atoms with E-state index in [9.17, 15) is 0 Å². The van der Waals surface area contributed by atoms with Gasteiger partial charge in [0.05, 0.1) is 20.3 Å². The van der Waals surface area contributed by atoms with Crippen molar-refractivity contribution in [1.82, 2.24) is 10.2 Å². The highest BCUT2D eigenvalue weighted by Crippen LogP contribution is 2.31. The molecule has 1 aromatic carbocycles. The van der Waals surface area contributed by atoms with Crippen LogP contribution < -0.4 is 14.8 Å². The zero-order valence-electron chi connectivity index (χ0n) is 12.1. The van der Waals surface area contributed by atoms with Gasteiger partial charge in [-0.15, -0.1) is 10.2 Å². The van der Waals surface area contributed by atoms with Crippen LogP contribution in [0.2, 0.25) is 0 Å². The van der Waals surface area contributed by atoms with Crippen molar-refractivity contribution < 1.29 is 9.47 Å². The minimum Gasteiger partial charge on any atom is -0.493 e. The van der Waals surface area contributed by atoms with Gasteiger partial charge in [0.1, 0.15) is 5.01 Å². The second-order valence-corrected chi connectivity index (χ2v) is 5.40. The standard InChI is InChI=1S/C14H19N3O2S/c1-5-13-16-17-14(20-13)15-9(2)10-6-7-11(18-3)12(8-10)19-4/h6-9H,5H2,1-4H3,(H,15,17). The van der Waals surface area contributed by atoms with Gasteiger partial charge in [-0.3, -0.25) is 0 Å². The van der Waals surface area contributed by atoms with Crippen molar-refractivity contribution in [3.63, 3.8) is 0 Å². The molecule has 108 valence electrons. The Bertz CT molecular complexity index is 571. The number of hydrogen-bond acceptors (Lipinski definition) is 6. The summed E-state index contributed by atoms with van der Waals surface area (Å²) >= 11 is 1.58. The fourth-order valence-corrected chi connectivity index (χ4v) is 2.61. The molecule has 1 atom stereocenters. The summed E-state index contributed by atoms with van der Waals surface area (Å²) in [6.45, 7) is 4.15. The summed E-state index contributed by atoms with van der Waals surface area (Å²) in [7, 11) is 3.27. The second-order valence-electron chi connectivity index (χ2n) is 4.33. The van der Waals surface area contributed by atoms with E-state index in [-0.39, 0.29) is 6.04 Å². The fourth-order valence-electron chi connectivity index (χ4n) is 1.85. The minimum absolute atomic E-state index is 0.118. The minimum atomic E-state index is 0.118. The van der Waals surface area contributed by atoms with E-state index in [1.165, 1.54) is 0 Å². The molecule has 0 aliphatic carbocycles. The van der Waals surface area contributed by atoms with Crippen molar-refractivity contribution in [2.75, 3.05) is 19.5 Å². The number of aryl methyl sites for hydroxylation is 1. The molecule has 2 aromatic rings. The summed E-state index contributed by atoms with van der Waals surface area (Å²) in [5.41, 5.74) is 1.11. The van der Waals surface area contributed by atoms with E-state index < -0.39 is 0 Å². The van der Waals surface area contributed by atoms with Crippen LogP contribution in [-0.4, -0.2) is 24.4 Å². The molecule has 1 aromatic heterocycles. The Hall–Kier alpha value is -1.82. The lowest BCUT2D eigenvalue weighted by Crippen LogP contribution is -2.06. The van der Waals surface area contributed by atoms with Crippen LogP contribution in [0.4, 0.5) is 5.13 Å². The number of nitrogens with one attached hydrogen (secondary N) is 1. The van der Waals surface area contributed by atoms with Crippen LogP contribution in [0.25, 0.3) is 0 Å². The van der Waals surface area contributed by atoms with Crippen molar-refractivity contribution in [1.29, 1.82) is 0 Å². The molecule has 0 bridgehead atoms. The van der Waals surface area contributed by atoms with Gasteiger partial charge in [0.25, 0.3) is 0 Å². The molecule has 1 unspecified atom stereocenters. The van der Waals surface area contributed by atoms with Crippen LogP contribution in [0.15, 0.2) is 18.2 Å². The molecular formula is C14H19N3O2S. The summed E-state index contributed by atoms with van der Waals surface area (Å²) in [6, 6.07) is 6.01. The number of aromatic nitrogens is 2. The Kier molecular flexibility index (Phi) is 4.79. The smallest absolute Gasteiger partial charge is 0.206 e. The van der Waals surface area contributed by atoms with Crippen LogP contribution in [-0.2, 0) is 6.42 Å². The van der Waals surface area contributed by atoms with Crippen molar-refractivity contribution in [3.8, 4) is 11.5 Å². The number of anilines is 1. The highest BCUT2D eigenvalue weighted by molar-refractivity contribution is 7.15. The second kappa shape index (κ2) is 6.56. The topological polar surface area (TPSA) is 56.3 Å². The molecule has 1 N–H and O–H groups in total. The molecular weight excluding hydrogens is 274 g/mol. The highest BCUT2D eigenvalue weighted by atomic mass is 32.1. The number of benzene rings is 1. The van der Waals surface area contributed by atoms with E-state index in [1.807, 2.05) is 18.2 Å². The van der Waals surface area contributed by atoms with Gasteiger partial charge >= 0.3 is 0 Å². The van der Waals surface area contributed by atoms with Crippen LogP contribution in [0, 0.1) is 0 Å². The molecule has 2 rings (SSSR count). The van der Waals surface area contributed by atoms with Crippen LogP contribution in [0.5, 0.6) is 11.5 Å². The molecule has 6 heteroatoms. The van der Waals surface area contributed by atoms with Gasteiger partial charge in [0.2, 0.25) is 5.13 Å². The Labute approximate surface area is 123 Å². The van der Waals surface area contributed by atoms with Gasteiger partial charge in [0.15, 0.2) is 11.5 Å². The lowest BCUT2D eigenvalue weighted by molar-refractivity contribution is 0.354. The van der Waals surface area contributed by atoms with Crippen molar-refractivity contribution in [2.45, 2.75) is 26.3 Å². The third-order valence-electron chi connectivity index (χ3n) is 3.02. The lowest BCUT2D eigenvalue weighted by Gasteiger charge is -2.15. The van der Waals surface area contributed by atoms with Gasteiger partial charge in [-0.1, -0.05) is 24.3 Å². The monoisotopic (exact) mass is 293 g/mol. The van der Waals surface area contributed by atoms with E-state index in [0.717, 1.165) is 33.6 Å². The molecule has 0 aliphatic heterocycles. The van der Waals surface area contributed by atoms with Crippen LogP contribution in [0.3, 0.4) is 0 Å². The fraction of sp³-hybridized carbons (Fsp3) is 0.429. The quantitative estimate of drug-likeness (QED) is 0.885. The predicted octanol–water partition coefficient (Wildman–Crippen LogP) is 3.29. The molecule has 0 saturated carbocycles. The summed E-state index contributed by atoms with van der Waals surface area (Å²) in [5.74, 6) is 1.46. The van der Waals surface area contributed by atoms with E-state index in [4.69, 9.17) is 9.47 Å². The van der Waals surface area contributed by atoms with Crippen LogP contribution >= 0.6 is 11.3 Å². The number of nitrogens with zero attached hydrogens (tertiary/aromatic N) is 2. The number of ether oxygens (including phenoxy) is 2. The van der Waals surface area contributed by atoms with Gasteiger partial charge in [-0.2, -0.15) is 0 Å². The number of rotatable bonds is 6. The first-order valence-corrected chi connectivity index (χ1v) is 7.30. The first kappa shape index (κ1) is 14.6. The number of hydrogen-bond donors (Lipinski definition) is 1. The first-order valence-electron chi connectivity index (χ1n) is 6.48. The van der Waals surface area contributed by atoms with E-state index in [1.54, 1.807) is 25.6 Å². The molecule has 0 saturated heterocycles. The largest absolute Gasteiger partial charge is 0.493 e. The Morgan fingerprint density at radius 3 is 2.55 bits per heavy atom. The molecule has 0 fully saturated rings. The maximum absolute atomic E-state index is 5.32. The molecule has 0 radical (unpaired) electrons. The first-order chi connectivity index (χ1) is 9.67. The zero-order valence-corrected chi connectivity index (χ0v) is 13.0. The van der Waals surface area contributed by atoms with E-state index >= 15 is 0 Å². The maximum atomic E-state index is 5.32. The molecule has 1 heterocycles. The molecule has 0 aliphatic rings. The maximum Gasteiger partial charge on any atom is 0.206 e. The lowest BCUT2D eigenvalue weighted by atomic mass is 10.1. The summed E-state index contributed by atoms with van der Waals surface area (Å²) in [5, 5.41) is 13.5. The average molecular weight is 293 g/mol. The van der Waals surface area contributed by atoms with Gasteiger partial charge in [0, 0.05) is 0 Å². The average Bonchev–Trinajstić information content (AvgIpc) is 2.94. The number of methoxy groups -OCH3 is 2. The third kappa shape index (κ3) is 3.19. The van der Waals surface area contributed by atoms with Crippen LogP contribution in [0.1, 0.15) is 30.5 Å². The molecule has 20 heavy (non-hydrogen) atoms. The Morgan fingerprint density at radius 1 is 1.20 bits per heavy atom.